The third kappa shape index (κ3) is 3.62. The van der Waals surface area contributed by atoms with Crippen molar-refractivity contribution in [2.45, 2.75) is 13.0 Å². The molecule has 1 amide bonds. The Bertz CT molecular complexity index is 370. The second-order valence-corrected chi connectivity index (χ2v) is 4.64. The second-order valence-electron chi connectivity index (χ2n) is 2.99. The van der Waals surface area contributed by atoms with Crippen LogP contribution in [0.4, 0.5) is 5.69 Å². The number of hydrogen-bond acceptors (Lipinski definition) is 2. The molecule has 1 rings (SSSR count). The van der Waals surface area contributed by atoms with Crippen LogP contribution < -0.4 is 5.32 Å². The number of nitrogens with one attached hydrogen (secondary N) is 1. The van der Waals surface area contributed by atoms with E-state index in [0.717, 1.165) is 3.57 Å². The van der Waals surface area contributed by atoms with Gasteiger partial charge in [0.15, 0.2) is 0 Å². The minimum absolute atomic E-state index is 0.208. The average molecular weight is 340 g/mol. The molecule has 0 bridgehead atoms. The minimum Gasteiger partial charge on any atom is -0.372 e. The zero-order chi connectivity index (χ0) is 11.4. The Morgan fingerprint density at radius 1 is 1.60 bits per heavy atom. The largest absolute Gasteiger partial charge is 0.372 e. The van der Waals surface area contributed by atoms with Crippen molar-refractivity contribution in [2.24, 2.45) is 0 Å². The van der Waals surface area contributed by atoms with Gasteiger partial charge in [0.2, 0.25) is 0 Å². The number of carbonyl (C=O) groups excluding carboxylic acids is 1. The number of rotatable bonds is 3. The van der Waals surface area contributed by atoms with E-state index in [9.17, 15) is 4.79 Å². The van der Waals surface area contributed by atoms with Gasteiger partial charge >= 0.3 is 0 Å². The minimum atomic E-state index is -0.486. The maximum Gasteiger partial charge on any atom is 0.253 e. The Morgan fingerprint density at radius 2 is 2.27 bits per heavy atom. The molecule has 82 valence electrons. The number of hydrogen-bond donors (Lipinski definition) is 1. The first-order chi connectivity index (χ1) is 7.04. The van der Waals surface area contributed by atoms with E-state index in [1.165, 1.54) is 7.11 Å². The zero-order valence-corrected chi connectivity index (χ0v) is 11.3. The van der Waals surface area contributed by atoms with Crippen molar-refractivity contribution in [3.05, 3.63) is 26.8 Å². The molecule has 0 fully saturated rings. The standard InChI is InChI=1S/C10H11ClINO2/c1-6(15-2)10(14)13-9-4-3-7(12)5-8(9)11/h3-6H,1-2H3,(H,13,14). The summed E-state index contributed by atoms with van der Waals surface area (Å²) in [4.78, 5) is 11.5. The normalized spacial score (nSPS) is 12.3. The van der Waals surface area contributed by atoms with E-state index in [0.29, 0.717) is 10.7 Å². The summed E-state index contributed by atoms with van der Waals surface area (Å²) < 4.78 is 5.91. The first kappa shape index (κ1) is 12.7. The topological polar surface area (TPSA) is 38.3 Å². The lowest BCUT2D eigenvalue weighted by Gasteiger charge is -2.11. The summed E-state index contributed by atoms with van der Waals surface area (Å²) in [6, 6.07) is 5.43. The van der Waals surface area contributed by atoms with E-state index in [1.54, 1.807) is 19.1 Å². The molecule has 5 heteroatoms. The van der Waals surface area contributed by atoms with Crippen molar-refractivity contribution in [3.8, 4) is 0 Å². The molecule has 1 atom stereocenters. The zero-order valence-electron chi connectivity index (χ0n) is 8.38. The van der Waals surface area contributed by atoms with Gasteiger partial charge in [0, 0.05) is 10.7 Å². The fourth-order valence-electron chi connectivity index (χ4n) is 0.932. The third-order valence-corrected chi connectivity index (χ3v) is 2.90. The summed E-state index contributed by atoms with van der Waals surface area (Å²) in [5.74, 6) is -0.208. The second kappa shape index (κ2) is 5.67. The number of anilines is 1. The molecular formula is C10H11ClINO2. The highest BCUT2D eigenvalue weighted by Gasteiger charge is 2.12. The first-order valence-corrected chi connectivity index (χ1v) is 5.79. The third-order valence-electron chi connectivity index (χ3n) is 1.91. The van der Waals surface area contributed by atoms with Crippen molar-refractivity contribution < 1.29 is 9.53 Å². The molecule has 0 radical (unpaired) electrons. The van der Waals surface area contributed by atoms with Crippen molar-refractivity contribution in [2.75, 3.05) is 12.4 Å². The van der Waals surface area contributed by atoms with E-state index >= 15 is 0 Å². The predicted octanol–water partition coefficient (Wildman–Crippen LogP) is 2.92. The van der Waals surface area contributed by atoms with Crippen molar-refractivity contribution in [1.29, 1.82) is 0 Å². The fraction of sp³-hybridized carbons (Fsp3) is 0.300. The number of carbonyl (C=O) groups is 1. The van der Waals surface area contributed by atoms with Crippen LogP contribution in [0.1, 0.15) is 6.92 Å². The van der Waals surface area contributed by atoms with Gasteiger partial charge in [-0.2, -0.15) is 0 Å². The maximum absolute atomic E-state index is 11.5. The lowest BCUT2D eigenvalue weighted by atomic mass is 10.3. The Balaban J connectivity index is 2.77. The molecule has 1 aromatic rings. The van der Waals surface area contributed by atoms with Gasteiger partial charge in [-0.05, 0) is 47.7 Å². The summed E-state index contributed by atoms with van der Waals surface area (Å²) in [7, 11) is 1.49. The van der Waals surface area contributed by atoms with Crippen molar-refractivity contribution in [3.63, 3.8) is 0 Å². The summed E-state index contributed by atoms with van der Waals surface area (Å²) in [6.45, 7) is 1.68. The SMILES string of the molecule is COC(C)C(=O)Nc1ccc(I)cc1Cl. The number of benzene rings is 1. The Morgan fingerprint density at radius 3 is 2.80 bits per heavy atom. The van der Waals surface area contributed by atoms with E-state index in [1.807, 2.05) is 6.07 Å². The lowest BCUT2D eigenvalue weighted by molar-refractivity contribution is -0.124. The highest BCUT2D eigenvalue weighted by molar-refractivity contribution is 14.1. The summed E-state index contributed by atoms with van der Waals surface area (Å²) in [6.07, 6.45) is -0.486. The fourth-order valence-corrected chi connectivity index (χ4v) is 1.84. The van der Waals surface area contributed by atoms with Gasteiger partial charge in [-0.25, -0.2) is 0 Å². The molecule has 1 aromatic carbocycles. The summed E-state index contributed by atoms with van der Waals surface area (Å²) in [5, 5.41) is 3.22. The van der Waals surface area contributed by atoms with Gasteiger partial charge in [0.25, 0.3) is 5.91 Å². The Hall–Kier alpha value is -0.330. The molecule has 1 unspecified atom stereocenters. The van der Waals surface area contributed by atoms with Crippen LogP contribution in [0.15, 0.2) is 18.2 Å². The molecule has 0 aliphatic heterocycles. The number of halogens is 2. The molecule has 0 saturated heterocycles. The quantitative estimate of drug-likeness (QED) is 0.860. The highest BCUT2D eigenvalue weighted by Crippen LogP contribution is 2.23. The predicted molar refractivity (Wildman–Crippen MR) is 69.3 cm³/mol. The maximum atomic E-state index is 11.5. The molecule has 0 saturated carbocycles. The van der Waals surface area contributed by atoms with Crippen LogP contribution in [0.2, 0.25) is 5.02 Å². The number of methoxy groups -OCH3 is 1. The van der Waals surface area contributed by atoms with Gasteiger partial charge in [-0.15, -0.1) is 0 Å². The van der Waals surface area contributed by atoms with Crippen LogP contribution in [-0.2, 0) is 9.53 Å². The molecule has 0 aliphatic rings. The molecule has 0 aromatic heterocycles. The number of amides is 1. The molecule has 0 heterocycles. The molecular weight excluding hydrogens is 328 g/mol. The lowest BCUT2D eigenvalue weighted by Crippen LogP contribution is -2.26. The van der Waals surface area contributed by atoms with Gasteiger partial charge in [0.1, 0.15) is 6.10 Å². The summed E-state index contributed by atoms with van der Waals surface area (Å²) >= 11 is 8.12. The van der Waals surface area contributed by atoms with Gasteiger partial charge in [0.05, 0.1) is 10.7 Å². The van der Waals surface area contributed by atoms with Crippen LogP contribution in [0.5, 0.6) is 0 Å². The van der Waals surface area contributed by atoms with E-state index in [-0.39, 0.29) is 5.91 Å². The van der Waals surface area contributed by atoms with Crippen molar-refractivity contribution >= 4 is 45.8 Å². The van der Waals surface area contributed by atoms with E-state index in [2.05, 4.69) is 27.9 Å². The Kier molecular flexibility index (Phi) is 4.82. The highest BCUT2D eigenvalue weighted by atomic mass is 127. The molecule has 0 aliphatic carbocycles. The van der Waals surface area contributed by atoms with Crippen molar-refractivity contribution in [1.82, 2.24) is 0 Å². The van der Waals surface area contributed by atoms with Crippen LogP contribution in [-0.4, -0.2) is 19.1 Å². The first-order valence-electron chi connectivity index (χ1n) is 4.33. The molecule has 0 spiro atoms. The molecule has 3 nitrogen and oxygen atoms in total. The van der Waals surface area contributed by atoms with E-state index in [4.69, 9.17) is 16.3 Å². The van der Waals surface area contributed by atoms with Crippen LogP contribution in [0, 0.1) is 3.57 Å². The molecule has 1 N–H and O–H groups in total. The van der Waals surface area contributed by atoms with Crippen LogP contribution in [0.3, 0.4) is 0 Å². The summed E-state index contributed by atoms with van der Waals surface area (Å²) in [5.41, 5.74) is 0.603. The van der Waals surface area contributed by atoms with Crippen LogP contribution >= 0.6 is 34.2 Å². The van der Waals surface area contributed by atoms with E-state index < -0.39 is 6.10 Å². The number of ether oxygens (including phenoxy) is 1. The van der Waals surface area contributed by atoms with Gasteiger partial charge < -0.3 is 10.1 Å². The van der Waals surface area contributed by atoms with Gasteiger partial charge in [-0.3, -0.25) is 4.79 Å². The average Bonchev–Trinajstić information content (AvgIpc) is 2.20. The Labute approximate surface area is 107 Å². The molecule has 15 heavy (non-hydrogen) atoms. The van der Waals surface area contributed by atoms with Gasteiger partial charge in [-0.1, -0.05) is 11.6 Å². The monoisotopic (exact) mass is 339 g/mol. The van der Waals surface area contributed by atoms with Crippen LogP contribution in [0.25, 0.3) is 0 Å². The smallest absolute Gasteiger partial charge is 0.253 e.